The van der Waals surface area contributed by atoms with Gasteiger partial charge in [0.1, 0.15) is 11.9 Å². The summed E-state index contributed by atoms with van der Waals surface area (Å²) in [5.41, 5.74) is 6.68. The summed E-state index contributed by atoms with van der Waals surface area (Å²) >= 11 is 0. The molecule has 25 heavy (non-hydrogen) atoms. The first kappa shape index (κ1) is 19.1. The Labute approximate surface area is 149 Å². The highest BCUT2D eigenvalue weighted by Crippen LogP contribution is 2.25. The predicted octanol–water partition coefficient (Wildman–Crippen LogP) is 3.01. The molecule has 0 heterocycles. The summed E-state index contributed by atoms with van der Waals surface area (Å²) in [6.45, 7) is 4.98. The zero-order valence-electron chi connectivity index (χ0n) is 15.1. The lowest BCUT2D eigenvalue weighted by Gasteiger charge is -2.22. The van der Waals surface area contributed by atoms with Crippen molar-refractivity contribution in [3.05, 3.63) is 23.8 Å². The predicted molar refractivity (Wildman–Crippen MR) is 96.6 cm³/mol. The van der Waals surface area contributed by atoms with Gasteiger partial charge in [0, 0.05) is 13.1 Å². The van der Waals surface area contributed by atoms with Gasteiger partial charge in [-0.15, -0.1) is 0 Å². The standard InChI is InChI=1S/C19H28N2O4/c1-3-21(4-2)18(22)13-24-17-12-14(10-11-16(17)20)19(23)25-15-8-6-5-7-9-15/h10-12,15H,3-9,13,20H2,1-2H3. The first-order chi connectivity index (χ1) is 12.0. The third kappa shape index (κ3) is 5.37. The molecular formula is C19H28N2O4. The first-order valence-electron chi connectivity index (χ1n) is 9.06. The highest BCUT2D eigenvalue weighted by atomic mass is 16.5. The number of benzene rings is 1. The molecule has 2 rings (SSSR count). The highest BCUT2D eigenvalue weighted by molar-refractivity contribution is 5.91. The molecule has 0 aromatic heterocycles. The average Bonchev–Trinajstić information content (AvgIpc) is 2.62. The molecule has 1 aromatic carbocycles. The molecule has 138 valence electrons. The maximum absolute atomic E-state index is 12.3. The van der Waals surface area contributed by atoms with E-state index >= 15 is 0 Å². The zero-order chi connectivity index (χ0) is 18.2. The monoisotopic (exact) mass is 348 g/mol. The first-order valence-corrected chi connectivity index (χ1v) is 9.06. The lowest BCUT2D eigenvalue weighted by molar-refractivity contribution is -0.132. The Morgan fingerprint density at radius 1 is 1.16 bits per heavy atom. The quantitative estimate of drug-likeness (QED) is 0.605. The maximum Gasteiger partial charge on any atom is 0.338 e. The second-order valence-electron chi connectivity index (χ2n) is 6.27. The number of carbonyl (C=O) groups is 2. The fraction of sp³-hybridized carbons (Fsp3) is 0.579. The number of hydrogen-bond donors (Lipinski definition) is 1. The van der Waals surface area contributed by atoms with Gasteiger partial charge in [0.15, 0.2) is 6.61 Å². The maximum atomic E-state index is 12.3. The number of nitrogens with zero attached hydrogens (tertiary/aromatic N) is 1. The van der Waals surface area contributed by atoms with Gasteiger partial charge in [-0.05, 0) is 57.7 Å². The normalized spacial score (nSPS) is 14.8. The molecule has 0 spiro atoms. The summed E-state index contributed by atoms with van der Waals surface area (Å²) in [6, 6.07) is 4.78. The number of ether oxygens (including phenoxy) is 2. The summed E-state index contributed by atoms with van der Waals surface area (Å²) in [7, 11) is 0. The number of anilines is 1. The Morgan fingerprint density at radius 2 is 1.84 bits per heavy atom. The van der Waals surface area contributed by atoms with E-state index in [9.17, 15) is 9.59 Å². The molecule has 2 N–H and O–H groups in total. The van der Waals surface area contributed by atoms with Crippen molar-refractivity contribution in [2.45, 2.75) is 52.1 Å². The van der Waals surface area contributed by atoms with Crippen LogP contribution < -0.4 is 10.5 Å². The van der Waals surface area contributed by atoms with Crippen LogP contribution in [0.25, 0.3) is 0 Å². The van der Waals surface area contributed by atoms with Crippen molar-refractivity contribution >= 4 is 17.6 Å². The fourth-order valence-corrected chi connectivity index (χ4v) is 3.00. The van der Waals surface area contributed by atoms with Gasteiger partial charge in [-0.1, -0.05) is 6.42 Å². The number of likely N-dealkylation sites (N-methyl/N-ethyl adjacent to an activating group) is 1. The topological polar surface area (TPSA) is 81.9 Å². The van der Waals surface area contributed by atoms with Gasteiger partial charge in [-0.25, -0.2) is 4.79 Å². The van der Waals surface area contributed by atoms with Crippen molar-refractivity contribution in [2.24, 2.45) is 0 Å². The zero-order valence-corrected chi connectivity index (χ0v) is 15.1. The van der Waals surface area contributed by atoms with E-state index in [2.05, 4.69) is 0 Å². The van der Waals surface area contributed by atoms with E-state index in [4.69, 9.17) is 15.2 Å². The molecule has 0 aliphatic heterocycles. The van der Waals surface area contributed by atoms with E-state index < -0.39 is 0 Å². The molecule has 6 nitrogen and oxygen atoms in total. The van der Waals surface area contributed by atoms with Crippen molar-refractivity contribution in [2.75, 3.05) is 25.4 Å². The van der Waals surface area contributed by atoms with E-state index in [1.807, 2.05) is 13.8 Å². The van der Waals surface area contributed by atoms with Crippen LogP contribution in [-0.4, -0.2) is 42.6 Å². The van der Waals surface area contributed by atoms with Crippen LogP contribution in [0.4, 0.5) is 5.69 Å². The number of carbonyl (C=O) groups excluding carboxylic acids is 2. The van der Waals surface area contributed by atoms with Crippen LogP contribution in [0, 0.1) is 0 Å². The second kappa shape index (κ2) is 9.30. The molecule has 1 aliphatic carbocycles. The van der Waals surface area contributed by atoms with Crippen molar-refractivity contribution in [1.82, 2.24) is 4.90 Å². The van der Waals surface area contributed by atoms with Crippen LogP contribution in [-0.2, 0) is 9.53 Å². The number of hydrogen-bond acceptors (Lipinski definition) is 5. The third-order valence-electron chi connectivity index (χ3n) is 4.54. The molecule has 1 saturated carbocycles. The lowest BCUT2D eigenvalue weighted by Crippen LogP contribution is -2.34. The molecule has 0 radical (unpaired) electrons. The Kier molecular flexibility index (Phi) is 7.10. The second-order valence-corrected chi connectivity index (χ2v) is 6.27. The molecule has 1 amide bonds. The molecule has 1 fully saturated rings. The van der Waals surface area contributed by atoms with E-state index in [1.54, 1.807) is 23.1 Å². The highest BCUT2D eigenvalue weighted by Gasteiger charge is 2.20. The summed E-state index contributed by atoms with van der Waals surface area (Å²) in [4.78, 5) is 26.0. The van der Waals surface area contributed by atoms with Crippen molar-refractivity contribution in [3.63, 3.8) is 0 Å². The molecule has 0 bridgehead atoms. The van der Waals surface area contributed by atoms with E-state index in [0.717, 1.165) is 25.7 Å². The fourth-order valence-electron chi connectivity index (χ4n) is 3.00. The van der Waals surface area contributed by atoms with Gasteiger partial charge in [-0.2, -0.15) is 0 Å². The number of nitrogens with two attached hydrogens (primary N) is 1. The summed E-state index contributed by atoms with van der Waals surface area (Å²) in [5.74, 6) is -0.148. The van der Waals surface area contributed by atoms with E-state index in [0.29, 0.717) is 30.1 Å². The van der Waals surface area contributed by atoms with Crippen LogP contribution >= 0.6 is 0 Å². The number of amides is 1. The molecule has 0 atom stereocenters. The number of rotatable bonds is 7. The van der Waals surface area contributed by atoms with Gasteiger partial charge in [0.05, 0.1) is 11.3 Å². The van der Waals surface area contributed by atoms with Gasteiger partial charge < -0.3 is 20.1 Å². The molecule has 1 aliphatic rings. The molecule has 6 heteroatoms. The van der Waals surface area contributed by atoms with Crippen LogP contribution in [0.2, 0.25) is 0 Å². The van der Waals surface area contributed by atoms with Gasteiger partial charge in [-0.3, -0.25) is 4.79 Å². The van der Waals surface area contributed by atoms with Crippen molar-refractivity contribution in [1.29, 1.82) is 0 Å². The lowest BCUT2D eigenvalue weighted by atomic mass is 9.98. The van der Waals surface area contributed by atoms with Crippen LogP contribution in [0.1, 0.15) is 56.3 Å². The van der Waals surface area contributed by atoms with Gasteiger partial charge in [0.25, 0.3) is 5.91 Å². The minimum Gasteiger partial charge on any atom is -0.482 e. The van der Waals surface area contributed by atoms with Crippen LogP contribution in [0.5, 0.6) is 5.75 Å². The smallest absolute Gasteiger partial charge is 0.338 e. The minimum absolute atomic E-state index is 0.00702. The SMILES string of the molecule is CCN(CC)C(=O)COc1cc(C(=O)OC2CCCCC2)ccc1N. The number of esters is 1. The Hall–Kier alpha value is -2.24. The van der Waals surface area contributed by atoms with Gasteiger partial charge in [0.2, 0.25) is 0 Å². The van der Waals surface area contributed by atoms with E-state index in [1.165, 1.54) is 6.42 Å². The summed E-state index contributed by atoms with van der Waals surface area (Å²) in [6.07, 6.45) is 5.23. The molecule has 0 unspecified atom stereocenters. The largest absolute Gasteiger partial charge is 0.482 e. The molecule has 0 saturated heterocycles. The summed E-state index contributed by atoms with van der Waals surface area (Å²) in [5, 5.41) is 0. The Balaban J connectivity index is 1.98. The van der Waals surface area contributed by atoms with Gasteiger partial charge >= 0.3 is 5.97 Å². The average molecular weight is 348 g/mol. The Morgan fingerprint density at radius 3 is 2.48 bits per heavy atom. The molecular weight excluding hydrogens is 320 g/mol. The van der Waals surface area contributed by atoms with Crippen molar-refractivity contribution in [3.8, 4) is 5.75 Å². The number of nitrogen functional groups attached to an aromatic ring is 1. The molecule has 1 aromatic rings. The van der Waals surface area contributed by atoms with Crippen molar-refractivity contribution < 1.29 is 19.1 Å². The van der Waals surface area contributed by atoms with E-state index in [-0.39, 0.29) is 24.6 Å². The van der Waals surface area contributed by atoms with Crippen LogP contribution in [0.3, 0.4) is 0 Å². The third-order valence-corrected chi connectivity index (χ3v) is 4.54. The van der Waals surface area contributed by atoms with Crippen LogP contribution in [0.15, 0.2) is 18.2 Å². The summed E-state index contributed by atoms with van der Waals surface area (Å²) < 4.78 is 11.1. The minimum atomic E-state index is -0.369. The Bertz CT molecular complexity index is 593.